The van der Waals surface area contributed by atoms with Crippen molar-refractivity contribution in [3.05, 3.63) is 22.4 Å². The second-order valence-corrected chi connectivity index (χ2v) is 7.23. The first-order chi connectivity index (χ1) is 9.24. The van der Waals surface area contributed by atoms with Gasteiger partial charge in [0.05, 0.1) is 10.6 Å². The van der Waals surface area contributed by atoms with Gasteiger partial charge in [0.2, 0.25) is 0 Å². The van der Waals surface area contributed by atoms with Gasteiger partial charge >= 0.3 is 0 Å². The van der Waals surface area contributed by atoms with E-state index in [1.54, 1.807) is 23.7 Å². The third-order valence-electron chi connectivity index (χ3n) is 2.30. The van der Waals surface area contributed by atoms with E-state index in [9.17, 15) is 18.0 Å². The molecule has 0 saturated carbocycles. The van der Waals surface area contributed by atoms with Crippen LogP contribution in [0.5, 0.6) is 0 Å². The fourth-order valence-electron chi connectivity index (χ4n) is 1.40. The third kappa shape index (κ3) is 4.64. The van der Waals surface area contributed by atoms with Crippen LogP contribution in [0.1, 0.15) is 9.67 Å². The number of nitrogens with one attached hydrogen (secondary N) is 1. The predicted molar refractivity (Wildman–Crippen MR) is 73.7 cm³/mol. The van der Waals surface area contributed by atoms with E-state index in [-0.39, 0.29) is 0 Å². The quantitative estimate of drug-likeness (QED) is 0.599. The van der Waals surface area contributed by atoms with Crippen molar-refractivity contribution in [2.75, 3.05) is 19.1 Å². The first-order valence-corrected chi connectivity index (χ1v) is 8.38. The normalized spacial score (nSPS) is 12.2. The fraction of sp³-hybridized carbons (Fsp3) is 0.364. The van der Waals surface area contributed by atoms with Crippen LogP contribution in [-0.4, -0.2) is 50.2 Å². The largest absolute Gasteiger partial charge is 0.338 e. The number of carbonyl (C=O) groups is 2. The van der Waals surface area contributed by atoms with Crippen LogP contribution in [0.2, 0.25) is 0 Å². The number of nitriles is 1. The Hall–Kier alpha value is -1.92. The molecule has 7 nitrogen and oxygen atoms in total. The van der Waals surface area contributed by atoms with E-state index in [4.69, 9.17) is 5.26 Å². The van der Waals surface area contributed by atoms with Crippen molar-refractivity contribution < 1.29 is 18.0 Å². The molecule has 108 valence electrons. The first-order valence-electron chi connectivity index (χ1n) is 5.44. The van der Waals surface area contributed by atoms with Crippen LogP contribution in [0.25, 0.3) is 0 Å². The molecule has 2 amide bonds. The maximum Gasteiger partial charge on any atom is 0.262 e. The zero-order valence-electron chi connectivity index (χ0n) is 10.9. The maximum atomic E-state index is 11.9. The topological polar surface area (TPSA) is 107 Å². The Morgan fingerprint density at radius 3 is 2.65 bits per heavy atom. The van der Waals surface area contributed by atoms with Gasteiger partial charge in [0.15, 0.2) is 6.19 Å². The number of hydrogen-bond donors (Lipinski definition) is 1. The number of carbonyl (C=O) groups excluding carboxylic acids is 2. The van der Waals surface area contributed by atoms with Crippen molar-refractivity contribution in [3.8, 4) is 6.19 Å². The van der Waals surface area contributed by atoms with Gasteiger partial charge in [-0.15, -0.1) is 11.3 Å². The molecule has 0 aliphatic carbocycles. The molecule has 20 heavy (non-hydrogen) atoms. The van der Waals surface area contributed by atoms with Crippen LogP contribution < -0.4 is 5.32 Å². The monoisotopic (exact) mass is 315 g/mol. The van der Waals surface area contributed by atoms with Gasteiger partial charge in [-0.05, 0) is 11.4 Å². The third-order valence-corrected chi connectivity index (χ3v) is 4.11. The number of likely N-dealkylation sites (N-methyl/N-ethyl adjacent to an activating group) is 1. The second-order valence-electron chi connectivity index (χ2n) is 4.09. The number of nitrogens with zero attached hydrogens (tertiary/aromatic N) is 2. The molecule has 0 aliphatic heterocycles. The lowest BCUT2D eigenvalue weighted by Crippen LogP contribution is -2.49. The number of hydrogen-bond acceptors (Lipinski definition) is 6. The molecule has 0 bridgehead atoms. The molecule has 1 aromatic heterocycles. The van der Waals surface area contributed by atoms with E-state index in [1.165, 1.54) is 18.4 Å². The average Bonchev–Trinajstić information content (AvgIpc) is 2.88. The molecule has 0 aliphatic rings. The Morgan fingerprint density at radius 1 is 1.55 bits per heavy atom. The Morgan fingerprint density at radius 2 is 2.20 bits per heavy atom. The lowest BCUT2D eigenvalue weighted by molar-refractivity contribution is -0.128. The van der Waals surface area contributed by atoms with E-state index in [1.807, 2.05) is 0 Å². The molecule has 1 heterocycles. The summed E-state index contributed by atoms with van der Waals surface area (Å²) in [6.07, 6.45) is 2.53. The van der Waals surface area contributed by atoms with E-state index in [0.29, 0.717) is 9.78 Å². The van der Waals surface area contributed by atoms with Crippen molar-refractivity contribution in [1.82, 2.24) is 10.2 Å². The number of thiophene rings is 1. The van der Waals surface area contributed by atoms with E-state index in [0.717, 1.165) is 6.26 Å². The molecule has 1 N–H and O–H groups in total. The highest BCUT2D eigenvalue weighted by atomic mass is 32.2. The van der Waals surface area contributed by atoms with Crippen LogP contribution >= 0.6 is 11.3 Å². The molecule has 0 aromatic carbocycles. The summed E-state index contributed by atoms with van der Waals surface area (Å²) in [5, 5.41) is 12.7. The molecular weight excluding hydrogens is 302 g/mol. The van der Waals surface area contributed by atoms with Gasteiger partial charge in [0.1, 0.15) is 15.9 Å². The Balaban J connectivity index is 2.91. The standard InChI is InChI=1S/C11H13N3O4S2/c1-14(7-12)11(16)8(6-20(2,17)18)13-10(15)9-4-3-5-19-9/h3-5,8H,6H2,1-2H3,(H,13,15). The number of sulfone groups is 1. The minimum absolute atomic E-state index is 0.357. The van der Waals surface area contributed by atoms with Gasteiger partial charge in [-0.2, -0.15) is 5.26 Å². The highest BCUT2D eigenvalue weighted by molar-refractivity contribution is 7.90. The van der Waals surface area contributed by atoms with Crippen molar-refractivity contribution in [2.24, 2.45) is 0 Å². The summed E-state index contributed by atoms with van der Waals surface area (Å²) < 4.78 is 22.6. The lowest BCUT2D eigenvalue weighted by atomic mass is 10.3. The highest BCUT2D eigenvalue weighted by Gasteiger charge is 2.28. The smallest absolute Gasteiger partial charge is 0.262 e. The summed E-state index contributed by atoms with van der Waals surface area (Å²) in [5.41, 5.74) is 0. The van der Waals surface area contributed by atoms with Crippen molar-refractivity contribution in [1.29, 1.82) is 5.26 Å². The number of rotatable bonds is 5. The van der Waals surface area contributed by atoms with Gasteiger partial charge < -0.3 is 5.32 Å². The van der Waals surface area contributed by atoms with Crippen LogP contribution in [0.3, 0.4) is 0 Å². The van der Waals surface area contributed by atoms with E-state index < -0.39 is 33.4 Å². The first kappa shape index (κ1) is 16.1. The summed E-state index contributed by atoms with van der Waals surface area (Å²) in [5.74, 6) is -1.88. The molecule has 0 fully saturated rings. The second kappa shape index (κ2) is 6.49. The van der Waals surface area contributed by atoms with Gasteiger partial charge in [-0.25, -0.2) is 8.42 Å². The average molecular weight is 315 g/mol. The summed E-state index contributed by atoms with van der Waals surface area (Å²) in [4.78, 5) is 24.8. The summed E-state index contributed by atoms with van der Waals surface area (Å²) >= 11 is 1.17. The minimum Gasteiger partial charge on any atom is -0.338 e. The fourth-order valence-corrected chi connectivity index (χ4v) is 2.86. The Bertz CT molecular complexity index is 631. The molecule has 9 heteroatoms. The van der Waals surface area contributed by atoms with E-state index in [2.05, 4.69) is 5.32 Å². The van der Waals surface area contributed by atoms with Crippen LogP contribution in [0, 0.1) is 11.5 Å². The minimum atomic E-state index is -3.49. The molecule has 0 radical (unpaired) electrons. The van der Waals surface area contributed by atoms with Crippen molar-refractivity contribution in [2.45, 2.75) is 6.04 Å². The Kier molecular flexibility index (Phi) is 5.24. The zero-order chi connectivity index (χ0) is 15.3. The van der Waals surface area contributed by atoms with Gasteiger partial charge in [-0.3, -0.25) is 14.5 Å². The van der Waals surface area contributed by atoms with Crippen LogP contribution in [0.15, 0.2) is 17.5 Å². The summed E-state index contributed by atoms with van der Waals surface area (Å²) in [7, 11) is -2.29. The maximum absolute atomic E-state index is 11.9. The molecule has 0 saturated heterocycles. The van der Waals surface area contributed by atoms with Gasteiger partial charge in [0.25, 0.3) is 11.8 Å². The van der Waals surface area contributed by atoms with Crippen molar-refractivity contribution in [3.63, 3.8) is 0 Å². The molecule has 1 rings (SSSR count). The summed E-state index contributed by atoms with van der Waals surface area (Å²) in [6, 6.07) is 1.92. The molecule has 1 aromatic rings. The predicted octanol–water partition coefficient (Wildman–Crippen LogP) is -0.169. The van der Waals surface area contributed by atoms with Crippen molar-refractivity contribution >= 4 is 33.0 Å². The Labute approximate surface area is 120 Å². The van der Waals surface area contributed by atoms with Crippen LogP contribution in [-0.2, 0) is 14.6 Å². The summed E-state index contributed by atoms with van der Waals surface area (Å²) in [6.45, 7) is 0. The highest BCUT2D eigenvalue weighted by Crippen LogP contribution is 2.09. The lowest BCUT2D eigenvalue weighted by Gasteiger charge is -2.18. The SMILES string of the molecule is CN(C#N)C(=O)C(CS(C)(=O)=O)NC(=O)c1cccs1. The molecular formula is C11H13N3O4S2. The van der Waals surface area contributed by atoms with Gasteiger partial charge in [-0.1, -0.05) is 6.07 Å². The molecule has 1 atom stereocenters. The van der Waals surface area contributed by atoms with Gasteiger partial charge in [0, 0.05) is 13.3 Å². The zero-order valence-corrected chi connectivity index (χ0v) is 12.5. The molecule has 0 spiro atoms. The van der Waals surface area contributed by atoms with Crippen LogP contribution in [0.4, 0.5) is 0 Å². The number of amides is 2. The van der Waals surface area contributed by atoms with E-state index >= 15 is 0 Å². The molecule has 1 unspecified atom stereocenters.